The van der Waals surface area contributed by atoms with Crippen LogP contribution in [-0.4, -0.2) is 0 Å². The van der Waals surface area contributed by atoms with E-state index in [-0.39, 0.29) is 6.04 Å². The zero-order valence-electron chi connectivity index (χ0n) is 10.6. The van der Waals surface area contributed by atoms with Gasteiger partial charge in [-0.15, -0.1) is 0 Å². The third kappa shape index (κ3) is 1.89. The maximum absolute atomic E-state index is 6.06. The van der Waals surface area contributed by atoms with Crippen molar-refractivity contribution in [1.29, 1.82) is 0 Å². The Labute approximate surface area is 108 Å². The maximum atomic E-state index is 6.06. The molecule has 3 rings (SSSR count). The van der Waals surface area contributed by atoms with Crippen molar-refractivity contribution >= 4 is 5.69 Å². The minimum absolute atomic E-state index is 0.0740. The monoisotopic (exact) mass is 238 g/mol. The fraction of sp³-hybridized carbons (Fsp3) is 0.250. The number of nitrogens with two attached hydrogens (primary N) is 1. The van der Waals surface area contributed by atoms with Crippen LogP contribution in [-0.2, 0) is 13.1 Å². The van der Waals surface area contributed by atoms with E-state index in [1.54, 1.807) is 0 Å². The highest BCUT2D eigenvalue weighted by Crippen LogP contribution is 2.32. The average molecular weight is 238 g/mol. The van der Waals surface area contributed by atoms with Crippen molar-refractivity contribution in [3.8, 4) is 0 Å². The number of nitrogens with zero attached hydrogens (tertiary/aromatic N) is 1. The van der Waals surface area contributed by atoms with E-state index in [4.69, 9.17) is 5.73 Å². The number of hydrogen-bond donors (Lipinski definition) is 1. The van der Waals surface area contributed by atoms with Gasteiger partial charge >= 0.3 is 0 Å². The fourth-order valence-corrected chi connectivity index (χ4v) is 2.66. The van der Waals surface area contributed by atoms with Crippen molar-refractivity contribution in [3.05, 3.63) is 65.2 Å². The molecule has 0 saturated carbocycles. The molecule has 1 aliphatic rings. The molecule has 0 bridgehead atoms. The van der Waals surface area contributed by atoms with E-state index in [0.717, 1.165) is 13.1 Å². The first-order valence-electron chi connectivity index (χ1n) is 6.42. The lowest BCUT2D eigenvalue weighted by Gasteiger charge is -2.23. The van der Waals surface area contributed by atoms with Crippen molar-refractivity contribution in [2.45, 2.75) is 26.1 Å². The van der Waals surface area contributed by atoms with Gasteiger partial charge in [0.25, 0.3) is 0 Å². The van der Waals surface area contributed by atoms with Crippen molar-refractivity contribution in [2.75, 3.05) is 4.90 Å². The summed E-state index contributed by atoms with van der Waals surface area (Å²) in [7, 11) is 0. The first-order valence-corrected chi connectivity index (χ1v) is 6.42. The van der Waals surface area contributed by atoms with Crippen molar-refractivity contribution in [3.63, 3.8) is 0 Å². The molecule has 0 fully saturated rings. The predicted octanol–water partition coefficient (Wildman–Crippen LogP) is 3.23. The number of fused-ring (bicyclic) bond motifs is 1. The van der Waals surface area contributed by atoms with Crippen molar-refractivity contribution in [2.24, 2.45) is 5.73 Å². The number of benzene rings is 2. The summed E-state index contributed by atoms with van der Waals surface area (Å²) in [6.45, 7) is 4.02. The zero-order valence-corrected chi connectivity index (χ0v) is 10.6. The summed E-state index contributed by atoms with van der Waals surface area (Å²) in [5, 5.41) is 0. The Balaban J connectivity index is 1.95. The number of para-hydroxylation sites is 1. The van der Waals surface area contributed by atoms with Gasteiger partial charge < -0.3 is 10.6 Å². The first kappa shape index (κ1) is 11.3. The Morgan fingerprint density at radius 2 is 1.50 bits per heavy atom. The van der Waals surface area contributed by atoms with Gasteiger partial charge in [-0.3, -0.25) is 0 Å². The van der Waals surface area contributed by atoms with Crippen LogP contribution in [0.15, 0.2) is 48.5 Å². The second kappa shape index (κ2) is 4.46. The van der Waals surface area contributed by atoms with E-state index in [2.05, 4.69) is 53.4 Å². The van der Waals surface area contributed by atoms with Crippen LogP contribution in [0.2, 0.25) is 0 Å². The van der Waals surface area contributed by atoms with Crippen LogP contribution in [0.1, 0.15) is 29.7 Å². The van der Waals surface area contributed by atoms with Crippen LogP contribution in [0.3, 0.4) is 0 Å². The maximum Gasteiger partial charge on any atom is 0.0436 e. The smallest absolute Gasteiger partial charge is 0.0436 e. The molecule has 2 heteroatoms. The van der Waals surface area contributed by atoms with Gasteiger partial charge in [0.15, 0.2) is 0 Å². The first-order chi connectivity index (χ1) is 8.75. The molecule has 2 nitrogen and oxygen atoms in total. The number of hydrogen-bond acceptors (Lipinski definition) is 2. The fourth-order valence-electron chi connectivity index (χ4n) is 2.66. The highest BCUT2D eigenvalue weighted by atomic mass is 15.1. The molecule has 0 aromatic heterocycles. The highest BCUT2D eigenvalue weighted by Gasteiger charge is 2.21. The Morgan fingerprint density at radius 3 is 2.11 bits per heavy atom. The molecule has 0 radical (unpaired) electrons. The number of rotatable bonds is 2. The normalized spacial score (nSPS) is 15.6. The molecule has 0 saturated heterocycles. The van der Waals surface area contributed by atoms with E-state index in [0.29, 0.717) is 0 Å². The summed E-state index contributed by atoms with van der Waals surface area (Å²) >= 11 is 0. The van der Waals surface area contributed by atoms with Crippen molar-refractivity contribution < 1.29 is 0 Å². The topological polar surface area (TPSA) is 29.3 Å². The summed E-state index contributed by atoms with van der Waals surface area (Å²) in [6.07, 6.45) is 0. The quantitative estimate of drug-likeness (QED) is 0.870. The third-order valence-corrected chi connectivity index (χ3v) is 3.61. The lowest BCUT2D eigenvalue weighted by molar-refractivity contribution is 0.791. The van der Waals surface area contributed by atoms with Gasteiger partial charge in [-0.05, 0) is 29.7 Å². The predicted molar refractivity (Wildman–Crippen MR) is 75.4 cm³/mol. The van der Waals surface area contributed by atoms with E-state index >= 15 is 0 Å². The van der Waals surface area contributed by atoms with Gasteiger partial charge in [0.2, 0.25) is 0 Å². The minimum Gasteiger partial charge on any atom is -0.363 e. The van der Waals surface area contributed by atoms with Crippen LogP contribution < -0.4 is 10.6 Å². The molecule has 2 N–H and O–H groups in total. The van der Waals surface area contributed by atoms with Gasteiger partial charge in [-0.2, -0.15) is 0 Å². The molecule has 0 amide bonds. The van der Waals surface area contributed by atoms with E-state index < -0.39 is 0 Å². The Hall–Kier alpha value is -1.80. The van der Waals surface area contributed by atoms with E-state index in [1.807, 2.05) is 6.92 Å². The standard InChI is InChI=1S/C16H18N2/c1-12(17)15-8-4-5-9-16(15)18-10-13-6-2-3-7-14(13)11-18/h2-9,12H,10-11,17H2,1H3/t12-/m1/s1. The lowest BCUT2D eigenvalue weighted by Crippen LogP contribution is -2.18. The average Bonchev–Trinajstić information content (AvgIpc) is 2.82. The molecule has 2 aromatic carbocycles. The summed E-state index contributed by atoms with van der Waals surface area (Å²) in [4.78, 5) is 2.41. The number of anilines is 1. The molecule has 2 aromatic rings. The SMILES string of the molecule is C[C@@H](N)c1ccccc1N1Cc2ccccc2C1. The third-order valence-electron chi connectivity index (χ3n) is 3.61. The molecular weight excluding hydrogens is 220 g/mol. The largest absolute Gasteiger partial charge is 0.363 e. The molecule has 92 valence electrons. The Kier molecular flexibility index (Phi) is 2.80. The van der Waals surface area contributed by atoms with Gasteiger partial charge in [0, 0.05) is 24.8 Å². The second-order valence-electron chi connectivity index (χ2n) is 4.97. The zero-order chi connectivity index (χ0) is 12.5. The summed E-state index contributed by atoms with van der Waals surface area (Å²) in [5.74, 6) is 0. The van der Waals surface area contributed by atoms with Crippen LogP contribution in [0, 0.1) is 0 Å². The molecule has 18 heavy (non-hydrogen) atoms. The molecule has 0 spiro atoms. The molecule has 1 aliphatic heterocycles. The molecule has 1 heterocycles. The Morgan fingerprint density at radius 1 is 0.944 bits per heavy atom. The van der Waals surface area contributed by atoms with Gasteiger partial charge in [-0.25, -0.2) is 0 Å². The lowest BCUT2D eigenvalue weighted by atomic mass is 10.1. The molecule has 0 aliphatic carbocycles. The van der Waals surface area contributed by atoms with Crippen molar-refractivity contribution in [1.82, 2.24) is 0 Å². The van der Waals surface area contributed by atoms with Crippen LogP contribution in [0.25, 0.3) is 0 Å². The molecule has 1 atom stereocenters. The summed E-state index contributed by atoms with van der Waals surface area (Å²) in [5.41, 5.74) is 11.4. The van der Waals surface area contributed by atoms with Crippen LogP contribution in [0.5, 0.6) is 0 Å². The molecular formula is C16H18N2. The summed E-state index contributed by atoms with van der Waals surface area (Å²) < 4.78 is 0. The highest BCUT2D eigenvalue weighted by molar-refractivity contribution is 5.58. The Bertz CT molecular complexity index is 536. The van der Waals surface area contributed by atoms with E-state index in [9.17, 15) is 0 Å². The second-order valence-corrected chi connectivity index (χ2v) is 4.97. The van der Waals surface area contributed by atoms with Crippen LogP contribution in [0.4, 0.5) is 5.69 Å². The van der Waals surface area contributed by atoms with Gasteiger partial charge in [0.05, 0.1) is 0 Å². The van der Waals surface area contributed by atoms with Crippen LogP contribution >= 0.6 is 0 Å². The van der Waals surface area contributed by atoms with Gasteiger partial charge in [-0.1, -0.05) is 42.5 Å². The van der Waals surface area contributed by atoms with E-state index in [1.165, 1.54) is 22.4 Å². The molecule has 0 unspecified atom stereocenters. The minimum atomic E-state index is 0.0740. The van der Waals surface area contributed by atoms with Gasteiger partial charge in [0.1, 0.15) is 0 Å². The summed E-state index contributed by atoms with van der Waals surface area (Å²) in [6, 6.07) is 17.2.